The number of nitrogens with zero attached hydrogens (tertiary/aromatic N) is 5. The van der Waals surface area contributed by atoms with Gasteiger partial charge in [0.25, 0.3) is 0 Å². The number of halogens is 3. The van der Waals surface area contributed by atoms with Crippen molar-refractivity contribution < 1.29 is 13.2 Å². The molecule has 1 N–H and O–H groups in total. The van der Waals surface area contributed by atoms with Crippen molar-refractivity contribution in [3.63, 3.8) is 0 Å². The zero-order valence-corrected chi connectivity index (χ0v) is 16.6. The van der Waals surface area contributed by atoms with Gasteiger partial charge in [0, 0.05) is 31.4 Å². The van der Waals surface area contributed by atoms with Crippen LogP contribution in [0.25, 0.3) is 15.9 Å². The monoisotopic (exact) mass is 414 g/mol. The number of piperidine rings is 1. The van der Waals surface area contributed by atoms with Gasteiger partial charge in [0.2, 0.25) is 11.6 Å². The first-order valence-electron chi connectivity index (χ1n) is 9.69. The van der Waals surface area contributed by atoms with Gasteiger partial charge in [0.05, 0.1) is 29.9 Å². The van der Waals surface area contributed by atoms with Gasteiger partial charge in [0.1, 0.15) is 17.5 Å². The van der Waals surface area contributed by atoms with Crippen LogP contribution in [0.3, 0.4) is 0 Å². The first-order chi connectivity index (χ1) is 14.4. The van der Waals surface area contributed by atoms with Gasteiger partial charge >= 0.3 is 0 Å². The van der Waals surface area contributed by atoms with Crippen molar-refractivity contribution in [2.75, 3.05) is 25.0 Å². The average Bonchev–Trinajstić information content (AvgIpc) is 3.13. The summed E-state index contributed by atoms with van der Waals surface area (Å²) in [5, 5.41) is 2.97. The molecule has 0 amide bonds. The molecule has 6 nitrogen and oxygen atoms in total. The lowest BCUT2D eigenvalue weighted by molar-refractivity contribution is 0.221. The second kappa shape index (κ2) is 7.95. The molecule has 1 fully saturated rings. The Labute approximate surface area is 172 Å². The molecule has 3 aromatic rings. The third-order valence-electron chi connectivity index (χ3n) is 5.58. The van der Waals surface area contributed by atoms with E-state index in [9.17, 15) is 13.2 Å². The summed E-state index contributed by atoms with van der Waals surface area (Å²) in [6.45, 7) is 9.67. The number of nitrogens with one attached hydrogen (secondary N) is 1. The molecule has 1 saturated heterocycles. The molecule has 0 spiro atoms. The van der Waals surface area contributed by atoms with Crippen LogP contribution in [0, 0.1) is 18.2 Å². The lowest BCUT2D eigenvalue weighted by Crippen LogP contribution is -2.51. The second-order valence-corrected chi connectivity index (χ2v) is 7.41. The largest absolute Gasteiger partial charge is 0.340 e. The minimum Gasteiger partial charge on any atom is -0.340 e. The number of anilines is 1. The topological polar surface area (TPSA) is 50.3 Å². The maximum absolute atomic E-state index is 14.8. The standard InChI is InChI=1S/C21H21F3N6/c1-12(17-5-4-14(25-2)10-27-17)30-20-16(24)8-13(22)9-18(20)28-21(30)29-7-6-15(23)19(11-29)26-3/h4-5,8-10,12,15,19,26H,6-7,11H2,1,3H3/t12-,15+,19+/m0/s1. The van der Waals surface area contributed by atoms with Crippen LogP contribution in [0.1, 0.15) is 25.1 Å². The van der Waals surface area contributed by atoms with E-state index in [1.54, 1.807) is 23.7 Å². The minimum atomic E-state index is -0.987. The van der Waals surface area contributed by atoms with Gasteiger partial charge in [-0.05, 0) is 26.5 Å². The lowest BCUT2D eigenvalue weighted by Gasteiger charge is -2.36. The maximum Gasteiger partial charge on any atom is 0.207 e. The van der Waals surface area contributed by atoms with Crippen LogP contribution in [-0.4, -0.2) is 46.9 Å². The van der Waals surface area contributed by atoms with Crippen molar-refractivity contribution in [1.29, 1.82) is 0 Å². The van der Waals surface area contributed by atoms with E-state index in [1.807, 2.05) is 11.8 Å². The maximum atomic E-state index is 14.8. The first kappa shape index (κ1) is 20.2. The summed E-state index contributed by atoms with van der Waals surface area (Å²) in [5.41, 5.74) is 1.36. The molecule has 2 aromatic heterocycles. The number of pyridine rings is 1. The molecule has 4 rings (SSSR count). The van der Waals surface area contributed by atoms with E-state index >= 15 is 0 Å². The van der Waals surface area contributed by atoms with Gasteiger partial charge in [-0.25, -0.2) is 23.0 Å². The van der Waals surface area contributed by atoms with Crippen LogP contribution < -0.4 is 10.2 Å². The summed E-state index contributed by atoms with van der Waals surface area (Å²) in [7, 11) is 1.70. The van der Waals surface area contributed by atoms with Crippen molar-refractivity contribution >= 4 is 22.7 Å². The third-order valence-corrected chi connectivity index (χ3v) is 5.58. The number of likely N-dealkylation sites (N-methyl/N-ethyl adjacent to an activating group) is 1. The Bertz CT molecular complexity index is 1100. The normalized spacial score (nSPS) is 20.3. The molecule has 0 unspecified atom stereocenters. The molecule has 3 atom stereocenters. The minimum absolute atomic E-state index is 0.165. The summed E-state index contributed by atoms with van der Waals surface area (Å²) >= 11 is 0. The van der Waals surface area contributed by atoms with Gasteiger partial charge in [-0.3, -0.25) is 9.55 Å². The molecular formula is C21H21F3N6. The SMILES string of the molecule is [C-]#[N+]c1ccc([C@H](C)n2c(N3CC[C@@H](F)[C@H](NC)C3)nc3cc(F)cc(F)c32)nc1. The predicted octanol–water partition coefficient (Wildman–Crippen LogP) is 4.01. The van der Waals surface area contributed by atoms with Crippen LogP contribution in [-0.2, 0) is 0 Å². The first-order valence-corrected chi connectivity index (χ1v) is 9.69. The number of aromatic nitrogens is 3. The fraction of sp³-hybridized carbons (Fsp3) is 0.381. The Morgan fingerprint density at radius 3 is 2.77 bits per heavy atom. The van der Waals surface area contributed by atoms with Crippen molar-refractivity contribution in [1.82, 2.24) is 19.9 Å². The summed E-state index contributed by atoms with van der Waals surface area (Å²) in [6, 6.07) is 4.54. The van der Waals surface area contributed by atoms with E-state index in [2.05, 4.69) is 20.1 Å². The fourth-order valence-electron chi connectivity index (χ4n) is 3.95. The number of fused-ring (bicyclic) bond motifs is 1. The zero-order valence-electron chi connectivity index (χ0n) is 16.6. The second-order valence-electron chi connectivity index (χ2n) is 7.41. The molecular weight excluding hydrogens is 393 g/mol. The van der Waals surface area contributed by atoms with Crippen LogP contribution in [0.5, 0.6) is 0 Å². The van der Waals surface area contributed by atoms with Gasteiger partial charge in [-0.2, -0.15) is 0 Å². The van der Waals surface area contributed by atoms with E-state index in [0.717, 1.165) is 6.07 Å². The summed E-state index contributed by atoms with van der Waals surface area (Å²) < 4.78 is 44.6. The quantitative estimate of drug-likeness (QED) is 0.656. The van der Waals surface area contributed by atoms with Gasteiger partial charge in [-0.15, -0.1) is 0 Å². The van der Waals surface area contributed by atoms with E-state index in [4.69, 9.17) is 6.57 Å². The smallest absolute Gasteiger partial charge is 0.207 e. The zero-order chi connectivity index (χ0) is 21.4. The number of hydrogen-bond donors (Lipinski definition) is 1. The molecule has 156 valence electrons. The van der Waals surface area contributed by atoms with Crippen LogP contribution >= 0.6 is 0 Å². The highest BCUT2D eigenvalue weighted by Crippen LogP contribution is 2.33. The Balaban J connectivity index is 1.85. The predicted molar refractivity (Wildman–Crippen MR) is 109 cm³/mol. The number of imidazole rings is 1. The van der Waals surface area contributed by atoms with E-state index < -0.39 is 23.8 Å². The van der Waals surface area contributed by atoms with Crippen LogP contribution in [0.15, 0.2) is 30.5 Å². The molecule has 0 radical (unpaired) electrons. The number of benzene rings is 1. The molecule has 30 heavy (non-hydrogen) atoms. The Hall–Kier alpha value is -3.12. The van der Waals surface area contributed by atoms with E-state index in [-0.39, 0.29) is 17.1 Å². The highest BCUT2D eigenvalue weighted by atomic mass is 19.1. The molecule has 9 heteroatoms. The highest BCUT2D eigenvalue weighted by molar-refractivity contribution is 5.80. The average molecular weight is 414 g/mol. The van der Waals surface area contributed by atoms with Crippen molar-refractivity contribution in [2.45, 2.75) is 31.6 Å². The van der Waals surface area contributed by atoms with Crippen LogP contribution in [0.4, 0.5) is 24.8 Å². The molecule has 0 bridgehead atoms. The Morgan fingerprint density at radius 2 is 2.10 bits per heavy atom. The van der Waals surface area contributed by atoms with Crippen molar-refractivity contribution in [2.24, 2.45) is 0 Å². The third kappa shape index (κ3) is 3.48. The molecule has 1 aromatic carbocycles. The fourth-order valence-corrected chi connectivity index (χ4v) is 3.95. The summed E-state index contributed by atoms with van der Waals surface area (Å²) in [5.74, 6) is -0.997. The molecule has 1 aliphatic rings. The number of hydrogen-bond acceptors (Lipinski definition) is 4. The van der Waals surface area contributed by atoms with Crippen molar-refractivity contribution in [3.8, 4) is 0 Å². The van der Waals surface area contributed by atoms with Gasteiger partial charge < -0.3 is 10.2 Å². The lowest BCUT2D eigenvalue weighted by atomic mass is 10.0. The van der Waals surface area contributed by atoms with Gasteiger partial charge in [0.15, 0.2) is 5.82 Å². The van der Waals surface area contributed by atoms with Gasteiger partial charge in [-0.1, -0.05) is 6.07 Å². The van der Waals surface area contributed by atoms with Crippen molar-refractivity contribution in [3.05, 3.63) is 59.2 Å². The Kier molecular flexibility index (Phi) is 5.35. The number of rotatable bonds is 4. The highest BCUT2D eigenvalue weighted by Gasteiger charge is 2.32. The Morgan fingerprint density at radius 1 is 1.30 bits per heavy atom. The summed E-state index contributed by atoms with van der Waals surface area (Å²) in [4.78, 5) is 14.1. The molecule has 3 heterocycles. The number of alkyl halides is 1. The van der Waals surface area contributed by atoms with E-state index in [0.29, 0.717) is 36.8 Å². The van der Waals surface area contributed by atoms with Crippen LogP contribution in [0.2, 0.25) is 0 Å². The molecule has 0 saturated carbocycles. The molecule has 1 aliphatic heterocycles. The summed E-state index contributed by atoms with van der Waals surface area (Å²) in [6.07, 6.45) is 0.774. The molecule has 0 aliphatic carbocycles. The van der Waals surface area contributed by atoms with E-state index in [1.165, 1.54) is 12.3 Å².